The second-order valence-electron chi connectivity index (χ2n) is 5.72. The molecule has 1 aromatic carbocycles. The van der Waals surface area contributed by atoms with Crippen LogP contribution in [0.4, 0.5) is 11.6 Å². The van der Waals surface area contributed by atoms with Gasteiger partial charge in [-0.15, -0.1) is 0 Å². The van der Waals surface area contributed by atoms with E-state index in [1.165, 1.54) is 6.07 Å². The molecule has 0 N–H and O–H groups in total. The minimum absolute atomic E-state index is 0.0140. The highest BCUT2D eigenvalue weighted by atomic mass is 16.6. The summed E-state index contributed by atoms with van der Waals surface area (Å²) in [6, 6.07) is 8.17. The Kier molecular flexibility index (Phi) is 4.18. The third kappa shape index (κ3) is 2.94. The van der Waals surface area contributed by atoms with E-state index in [-0.39, 0.29) is 35.0 Å². The van der Waals surface area contributed by atoms with Gasteiger partial charge in [0.2, 0.25) is 17.5 Å². The highest BCUT2D eigenvalue weighted by Gasteiger charge is 2.29. The van der Waals surface area contributed by atoms with E-state index >= 15 is 0 Å². The fourth-order valence-corrected chi connectivity index (χ4v) is 2.87. The zero-order valence-corrected chi connectivity index (χ0v) is 13.3. The van der Waals surface area contributed by atoms with E-state index in [2.05, 4.69) is 4.98 Å². The van der Waals surface area contributed by atoms with Crippen LogP contribution in [0, 0.1) is 21.4 Å². The maximum Gasteiger partial charge on any atom is 0.282 e. The van der Waals surface area contributed by atoms with Crippen molar-refractivity contribution in [1.29, 1.82) is 5.26 Å². The number of benzene rings is 1. The van der Waals surface area contributed by atoms with Gasteiger partial charge < -0.3 is 14.1 Å². The minimum atomic E-state index is -0.496. The number of nitro groups is 1. The maximum absolute atomic E-state index is 11.2. The molecule has 0 saturated carbocycles. The van der Waals surface area contributed by atoms with Crippen LogP contribution in [-0.4, -0.2) is 35.2 Å². The fourth-order valence-electron chi connectivity index (χ4n) is 2.87. The molecule has 0 amide bonds. The molecule has 3 rings (SSSR count). The number of nitro benzene ring substituents is 1. The molecule has 24 heavy (non-hydrogen) atoms. The molecule has 2 atom stereocenters. The molecule has 0 radical (unpaired) electrons. The zero-order valence-electron chi connectivity index (χ0n) is 13.3. The van der Waals surface area contributed by atoms with E-state index in [9.17, 15) is 15.4 Å². The number of nitriles is 1. The monoisotopic (exact) mass is 328 g/mol. The lowest BCUT2D eigenvalue weighted by atomic mass is 10.2. The van der Waals surface area contributed by atoms with Gasteiger partial charge in [0, 0.05) is 19.2 Å². The van der Waals surface area contributed by atoms with Gasteiger partial charge in [0.05, 0.1) is 17.1 Å². The van der Waals surface area contributed by atoms with Crippen molar-refractivity contribution in [3.05, 3.63) is 40.1 Å². The smallest absolute Gasteiger partial charge is 0.282 e. The molecular formula is C16H16N4O4. The predicted octanol–water partition coefficient (Wildman–Crippen LogP) is 2.74. The number of anilines is 1. The van der Waals surface area contributed by atoms with E-state index in [0.29, 0.717) is 19.0 Å². The van der Waals surface area contributed by atoms with Gasteiger partial charge in [0.25, 0.3) is 5.69 Å². The molecule has 0 bridgehead atoms. The molecule has 0 spiro atoms. The molecule has 124 valence electrons. The van der Waals surface area contributed by atoms with Crippen LogP contribution in [0.1, 0.15) is 19.5 Å². The van der Waals surface area contributed by atoms with Crippen molar-refractivity contribution in [3.63, 3.8) is 0 Å². The van der Waals surface area contributed by atoms with Gasteiger partial charge in [-0.05, 0) is 19.9 Å². The van der Waals surface area contributed by atoms with Crippen LogP contribution in [0.15, 0.2) is 28.7 Å². The van der Waals surface area contributed by atoms with Crippen molar-refractivity contribution < 1.29 is 14.1 Å². The standard InChI is InChI=1S/C16H16N4O4/c1-10-8-19(9-11(2)23-10)16-13(7-17)18-15(24-16)12-5-3-4-6-14(12)20(21)22/h3-6,10-11H,8-9H2,1-2H3/t10-,11-/m1/s1. The highest BCUT2D eigenvalue weighted by Crippen LogP contribution is 2.34. The first-order valence-corrected chi connectivity index (χ1v) is 7.54. The fraction of sp³-hybridized carbons (Fsp3) is 0.375. The summed E-state index contributed by atoms with van der Waals surface area (Å²) in [7, 11) is 0. The Hall–Kier alpha value is -2.92. The molecule has 1 aliphatic rings. The average Bonchev–Trinajstić information content (AvgIpc) is 2.98. The summed E-state index contributed by atoms with van der Waals surface area (Å²) >= 11 is 0. The number of oxazole rings is 1. The van der Waals surface area contributed by atoms with Gasteiger partial charge >= 0.3 is 0 Å². The average molecular weight is 328 g/mol. The Labute approximate surface area is 138 Å². The highest BCUT2D eigenvalue weighted by molar-refractivity contribution is 5.69. The normalized spacial score (nSPS) is 20.6. The SMILES string of the molecule is C[C@@H]1CN(c2oc(-c3ccccc3[N+](=O)[O-])nc2C#N)C[C@@H](C)O1. The van der Waals surface area contributed by atoms with Gasteiger partial charge in [0.1, 0.15) is 11.6 Å². The Morgan fingerprint density at radius 2 is 2.00 bits per heavy atom. The van der Waals surface area contributed by atoms with E-state index < -0.39 is 4.92 Å². The minimum Gasteiger partial charge on any atom is -0.419 e. The van der Waals surface area contributed by atoms with Crippen molar-refractivity contribution in [2.45, 2.75) is 26.1 Å². The second kappa shape index (κ2) is 6.29. The molecule has 1 aromatic heterocycles. The van der Waals surface area contributed by atoms with Gasteiger partial charge in [-0.3, -0.25) is 10.1 Å². The number of nitrogens with zero attached hydrogens (tertiary/aromatic N) is 4. The summed E-state index contributed by atoms with van der Waals surface area (Å²) in [6.07, 6.45) is -0.0280. The number of hydrogen-bond donors (Lipinski definition) is 0. The molecule has 1 saturated heterocycles. The Bertz CT molecular complexity index is 801. The van der Waals surface area contributed by atoms with Crippen LogP contribution >= 0.6 is 0 Å². The van der Waals surface area contributed by atoms with Crippen molar-refractivity contribution >= 4 is 11.6 Å². The lowest BCUT2D eigenvalue weighted by molar-refractivity contribution is -0.384. The van der Waals surface area contributed by atoms with E-state index in [1.807, 2.05) is 24.8 Å². The number of rotatable bonds is 3. The number of para-hydroxylation sites is 1. The predicted molar refractivity (Wildman–Crippen MR) is 85.5 cm³/mol. The van der Waals surface area contributed by atoms with Crippen LogP contribution in [0.5, 0.6) is 0 Å². The molecule has 0 aliphatic carbocycles. The molecular weight excluding hydrogens is 312 g/mol. The van der Waals surface area contributed by atoms with Gasteiger partial charge in [-0.2, -0.15) is 10.2 Å². The van der Waals surface area contributed by atoms with Crippen LogP contribution in [0.3, 0.4) is 0 Å². The van der Waals surface area contributed by atoms with Crippen LogP contribution in [0.2, 0.25) is 0 Å². The lowest BCUT2D eigenvalue weighted by Crippen LogP contribution is -2.45. The summed E-state index contributed by atoms with van der Waals surface area (Å²) in [5.74, 6) is 0.397. The molecule has 8 heteroatoms. The summed E-state index contributed by atoms with van der Waals surface area (Å²) in [6.45, 7) is 5.00. The molecule has 2 aromatic rings. The molecule has 1 aliphatic heterocycles. The number of hydrogen-bond acceptors (Lipinski definition) is 7. The number of aromatic nitrogens is 1. The van der Waals surface area contributed by atoms with Gasteiger partial charge in [-0.25, -0.2) is 0 Å². The second-order valence-corrected chi connectivity index (χ2v) is 5.72. The van der Waals surface area contributed by atoms with E-state index in [0.717, 1.165) is 0 Å². The van der Waals surface area contributed by atoms with E-state index in [4.69, 9.17) is 9.15 Å². The third-order valence-corrected chi connectivity index (χ3v) is 3.75. The summed E-state index contributed by atoms with van der Waals surface area (Å²) in [4.78, 5) is 16.7. The summed E-state index contributed by atoms with van der Waals surface area (Å²) in [5, 5.41) is 20.5. The first-order chi connectivity index (χ1) is 11.5. The van der Waals surface area contributed by atoms with Crippen LogP contribution in [0.25, 0.3) is 11.5 Å². The summed E-state index contributed by atoms with van der Waals surface area (Å²) < 4.78 is 11.4. The first-order valence-electron chi connectivity index (χ1n) is 7.54. The molecule has 2 heterocycles. The largest absolute Gasteiger partial charge is 0.419 e. The quantitative estimate of drug-likeness (QED) is 0.630. The van der Waals surface area contributed by atoms with Crippen molar-refractivity contribution in [2.24, 2.45) is 0 Å². The maximum atomic E-state index is 11.2. The number of ether oxygens (including phenoxy) is 1. The summed E-state index contributed by atoms with van der Waals surface area (Å²) in [5.41, 5.74) is 0.252. The molecule has 1 fully saturated rings. The van der Waals surface area contributed by atoms with Gasteiger partial charge in [0.15, 0.2) is 0 Å². The lowest BCUT2D eigenvalue weighted by Gasteiger charge is -2.34. The van der Waals surface area contributed by atoms with Crippen molar-refractivity contribution in [1.82, 2.24) is 4.98 Å². The van der Waals surface area contributed by atoms with Crippen molar-refractivity contribution in [2.75, 3.05) is 18.0 Å². The van der Waals surface area contributed by atoms with Crippen LogP contribution < -0.4 is 4.90 Å². The van der Waals surface area contributed by atoms with Gasteiger partial charge in [-0.1, -0.05) is 12.1 Å². The number of morpholine rings is 1. The molecule has 8 nitrogen and oxygen atoms in total. The Morgan fingerprint density at radius 3 is 2.62 bits per heavy atom. The van der Waals surface area contributed by atoms with Crippen LogP contribution in [-0.2, 0) is 4.74 Å². The van der Waals surface area contributed by atoms with E-state index in [1.54, 1.807) is 18.2 Å². The molecule has 0 unspecified atom stereocenters. The van der Waals surface area contributed by atoms with Crippen molar-refractivity contribution in [3.8, 4) is 17.5 Å². The third-order valence-electron chi connectivity index (χ3n) is 3.75. The Balaban J connectivity index is 2.03. The first kappa shape index (κ1) is 16.0. The zero-order chi connectivity index (χ0) is 17.3. The Morgan fingerprint density at radius 1 is 1.33 bits per heavy atom. The topological polar surface area (TPSA) is 105 Å².